The Morgan fingerprint density at radius 2 is 2.18 bits per heavy atom. The van der Waals surface area contributed by atoms with Gasteiger partial charge in [0.25, 0.3) is 0 Å². The molecule has 0 amide bonds. The molecule has 0 saturated heterocycles. The van der Waals surface area contributed by atoms with E-state index >= 15 is 0 Å². The molecule has 17 heavy (non-hydrogen) atoms. The number of hydrogen-bond donors (Lipinski definition) is 1. The van der Waals surface area contributed by atoms with E-state index in [2.05, 4.69) is 17.9 Å². The summed E-state index contributed by atoms with van der Waals surface area (Å²) in [5, 5.41) is 18.7. The van der Waals surface area contributed by atoms with Crippen LogP contribution in [0.15, 0.2) is 18.2 Å². The number of aliphatic hydroxyl groups excluding tert-OH is 1. The van der Waals surface area contributed by atoms with Crippen molar-refractivity contribution in [1.29, 1.82) is 5.26 Å². The normalized spacial score (nSPS) is 11.9. The highest BCUT2D eigenvalue weighted by molar-refractivity contribution is 5.58. The summed E-state index contributed by atoms with van der Waals surface area (Å²) >= 11 is 0. The molecule has 0 aliphatic rings. The summed E-state index contributed by atoms with van der Waals surface area (Å²) in [6, 6.07) is 7.56. The Kier molecular flexibility index (Phi) is 4.99. The zero-order valence-electron chi connectivity index (χ0n) is 10.8. The molecule has 0 saturated carbocycles. The monoisotopic (exact) mass is 232 g/mol. The highest BCUT2D eigenvalue weighted by atomic mass is 16.3. The van der Waals surface area contributed by atoms with Crippen molar-refractivity contribution in [2.75, 3.05) is 18.5 Å². The number of hydrogen-bond acceptors (Lipinski definition) is 3. The summed E-state index contributed by atoms with van der Waals surface area (Å²) in [4.78, 5) is 2.10. The van der Waals surface area contributed by atoms with Crippen molar-refractivity contribution in [2.45, 2.75) is 32.8 Å². The summed E-state index contributed by atoms with van der Waals surface area (Å²) < 4.78 is 0. The topological polar surface area (TPSA) is 47.3 Å². The van der Waals surface area contributed by atoms with Crippen LogP contribution in [-0.4, -0.2) is 18.7 Å². The molecule has 0 radical (unpaired) electrons. The average Bonchev–Trinajstić information content (AvgIpc) is 2.34. The van der Waals surface area contributed by atoms with Gasteiger partial charge in [-0.2, -0.15) is 5.26 Å². The minimum atomic E-state index is -0.512. The second-order valence-electron chi connectivity index (χ2n) is 4.34. The molecule has 1 N–H and O–H groups in total. The van der Waals surface area contributed by atoms with Gasteiger partial charge in [-0.1, -0.05) is 19.4 Å². The molecule has 0 fully saturated rings. The van der Waals surface area contributed by atoms with Gasteiger partial charge in [0.15, 0.2) is 0 Å². The van der Waals surface area contributed by atoms with E-state index in [1.165, 1.54) is 0 Å². The summed E-state index contributed by atoms with van der Waals surface area (Å²) in [6.45, 7) is 4.83. The van der Waals surface area contributed by atoms with E-state index in [9.17, 15) is 5.11 Å². The minimum Gasteiger partial charge on any atom is -0.389 e. The number of nitriles is 1. The summed E-state index contributed by atoms with van der Waals surface area (Å²) in [6.07, 6.45) is 1.72. The molecule has 1 aromatic carbocycles. The molecule has 0 aliphatic carbocycles. The van der Waals surface area contributed by atoms with Crippen molar-refractivity contribution in [3.63, 3.8) is 0 Å². The van der Waals surface area contributed by atoms with Crippen LogP contribution in [0.1, 0.15) is 43.9 Å². The van der Waals surface area contributed by atoms with Crippen LogP contribution in [-0.2, 0) is 0 Å². The maximum atomic E-state index is 9.73. The SMILES string of the molecule is CCCCN(C)c1cc(C#N)ccc1[C@H](C)O. The smallest absolute Gasteiger partial charge is 0.0992 e. The van der Waals surface area contributed by atoms with Crippen LogP contribution in [0.3, 0.4) is 0 Å². The molecule has 0 heterocycles. The summed E-state index contributed by atoms with van der Waals surface area (Å²) in [5.41, 5.74) is 2.46. The van der Waals surface area contributed by atoms with Gasteiger partial charge in [0.2, 0.25) is 0 Å². The quantitative estimate of drug-likeness (QED) is 0.849. The minimum absolute atomic E-state index is 0.512. The van der Waals surface area contributed by atoms with Gasteiger partial charge in [-0.15, -0.1) is 0 Å². The molecule has 3 heteroatoms. The van der Waals surface area contributed by atoms with Gasteiger partial charge in [0.1, 0.15) is 0 Å². The Morgan fingerprint density at radius 3 is 2.71 bits per heavy atom. The number of benzene rings is 1. The van der Waals surface area contributed by atoms with E-state index in [4.69, 9.17) is 5.26 Å². The third kappa shape index (κ3) is 3.47. The van der Waals surface area contributed by atoms with E-state index in [0.717, 1.165) is 30.6 Å². The number of anilines is 1. The molecule has 92 valence electrons. The maximum absolute atomic E-state index is 9.73. The predicted octanol–water partition coefficient (Wildman–Crippen LogP) is 2.85. The Balaban J connectivity index is 3.04. The van der Waals surface area contributed by atoms with E-state index in [-0.39, 0.29) is 0 Å². The van der Waals surface area contributed by atoms with Gasteiger partial charge in [0.05, 0.1) is 17.7 Å². The fourth-order valence-corrected chi connectivity index (χ4v) is 1.81. The number of nitrogens with zero attached hydrogens (tertiary/aromatic N) is 2. The first kappa shape index (κ1) is 13.5. The van der Waals surface area contributed by atoms with Crippen LogP contribution in [0.2, 0.25) is 0 Å². The van der Waals surface area contributed by atoms with Crippen LogP contribution in [0.5, 0.6) is 0 Å². The fraction of sp³-hybridized carbons (Fsp3) is 0.500. The number of aliphatic hydroxyl groups is 1. The molecule has 1 rings (SSSR count). The zero-order valence-corrected chi connectivity index (χ0v) is 10.8. The molecule has 1 aromatic rings. The van der Waals surface area contributed by atoms with E-state index < -0.39 is 6.10 Å². The molecule has 0 aliphatic heterocycles. The van der Waals surface area contributed by atoms with Crippen molar-refractivity contribution in [3.05, 3.63) is 29.3 Å². The second kappa shape index (κ2) is 6.27. The lowest BCUT2D eigenvalue weighted by Crippen LogP contribution is -2.20. The molecule has 0 spiro atoms. The van der Waals surface area contributed by atoms with Gasteiger partial charge in [-0.25, -0.2) is 0 Å². The van der Waals surface area contributed by atoms with Crippen LogP contribution in [0, 0.1) is 11.3 Å². The van der Waals surface area contributed by atoms with Gasteiger partial charge in [0, 0.05) is 24.8 Å². The van der Waals surface area contributed by atoms with Gasteiger partial charge in [-0.05, 0) is 25.5 Å². The van der Waals surface area contributed by atoms with Crippen molar-refractivity contribution in [3.8, 4) is 6.07 Å². The molecule has 0 aromatic heterocycles. The third-order valence-electron chi connectivity index (χ3n) is 2.87. The zero-order chi connectivity index (χ0) is 12.8. The Labute approximate surface area is 103 Å². The van der Waals surface area contributed by atoms with Crippen LogP contribution in [0.25, 0.3) is 0 Å². The van der Waals surface area contributed by atoms with Crippen molar-refractivity contribution in [2.24, 2.45) is 0 Å². The first-order valence-electron chi connectivity index (χ1n) is 6.03. The van der Waals surface area contributed by atoms with Crippen molar-refractivity contribution in [1.82, 2.24) is 0 Å². The first-order chi connectivity index (χ1) is 8.10. The van der Waals surface area contributed by atoms with Crippen molar-refractivity contribution < 1.29 is 5.11 Å². The van der Waals surface area contributed by atoms with Gasteiger partial charge < -0.3 is 10.0 Å². The van der Waals surface area contributed by atoms with Gasteiger partial charge in [-0.3, -0.25) is 0 Å². The summed E-state index contributed by atoms with van der Waals surface area (Å²) in [5.74, 6) is 0. The number of unbranched alkanes of at least 4 members (excludes halogenated alkanes) is 1. The van der Waals surface area contributed by atoms with Crippen LogP contribution in [0.4, 0.5) is 5.69 Å². The standard InChI is InChI=1S/C14H20N2O/c1-4-5-8-16(3)14-9-12(10-15)6-7-13(14)11(2)17/h6-7,9,11,17H,4-5,8H2,1-3H3/t11-/m0/s1. The molecule has 0 unspecified atom stereocenters. The summed E-state index contributed by atoms with van der Waals surface area (Å²) in [7, 11) is 2.00. The average molecular weight is 232 g/mol. The third-order valence-corrected chi connectivity index (χ3v) is 2.87. The lowest BCUT2D eigenvalue weighted by atomic mass is 10.0. The molecule has 3 nitrogen and oxygen atoms in total. The van der Waals surface area contributed by atoms with Crippen LogP contribution < -0.4 is 4.90 Å². The Hall–Kier alpha value is -1.53. The van der Waals surface area contributed by atoms with E-state index in [1.807, 2.05) is 19.2 Å². The Morgan fingerprint density at radius 1 is 1.47 bits per heavy atom. The largest absolute Gasteiger partial charge is 0.389 e. The highest BCUT2D eigenvalue weighted by Crippen LogP contribution is 2.27. The van der Waals surface area contributed by atoms with Crippen molar-refractivity contribution >= 4 is 5.69 Å². The second-order valence-corrected chi connectivity index (χ2v) is 4.34. The van der Waals surface area contributed by atoms with Crippen LogP contribution >= 0.6 is 0 Å². The molecule has 1 atom stereocenters. The molecular weight excluding hydrogens is 212 g/mol. The predicted molar refractivity (Wildman–Crippen MR) is 70.0 cm³/mol. The lowest BCUT2D eigenvalue weighted by molar-refractivity contribution is 0.199. The van der Waals surface area contributed by atoms with E-state index in [0.29, 0.717) is 5.56 Å². The molecule has 0 bridgehead atoms. The highest BCUT2D eigenvalue weighted by Gasteiger charge is 2.12. The van der Waals surface area contributed by atoms with E-state index in [1.54, 1.807) is 13.0 Å². The lowest BCUT2D eigenvalue weighted by Gasteiger charge is -2.23. The molecular formula is C14H20N2O. The van der Waals surface area contributed by atoms with Gasteiger partial charge >= 0.3 is 0 Å². The fourth-order valence-electron chi connectivity index (χ4n) is 1.81. The first-order valence-corrected chi connectivity index (χ1v) is 6.03. The maximum Gasteiger partial charge on any atom is 0.0992 e. The Bertz CT molecular complexity index is 407. The number of rotatable bonds is 5.